The molecule has 0 amide bonds. The Labute approximate surface area is 130 Å². The summed E-state index contributed by atoms with van der Waals surface area (Å²) < 4.78 is 37.1. The molecule has 2 N–H and O–H groups in total. The van der Waals surface area contributed by atoms with Gasteiger partial charge in [0.1, 0.15) is 4.88 Å². The molecule has 0 saturated carbocycles. The number of thiophene rings is 1. The zero-order chi connectivity index (χ0) is 15.7. The second kappa shape index (κ2) is 5.59. The van der Waals surface area contributed by atoms with Crippen molar-refractivity contribution < 1.29 is 27.8 Å². The van der Waals surface area contributed by atoms with Crippen LogP contribution in [0.5, 0.6) is 11.5 Å². The molecule has 0 radical (unpaired) electrons. The fourth-order valence-electron chi connectivity index (χ4n) is 1.88. The van der Waals surface area contributed by atoms with Crippen molar-refractivity contribution in [2.24, 2.45) is 0 Å². The molecule has 0 spiro atoms. The van der Waals surface area contributed by atoms with Crippen LogP contribution in [0.2, 0.25) is 0 Å². The van der Waals surface area contributed by atoms with Gasteiger partial charge in [-0.3, -0.25) is 0 Å². The van der Waals surface area contributed by atoms with Gasteiger partial charge in [-0.2, -0.15) is 0 Å². The lowest BCUT2D eigenvalue weighted by molar-refractivity contribution is 0.0702. The highest BCUT2D eigenvalue weighted by atomic mass is 32.2. The van der Waals surface area contributed by atoms with E-state index < -0.39 is 16.0 Å². The third-order valence-corrected chi connectivity index (χ3v) is 5.45. The Bertz CT molecular complexity index is 827. The van der Waals surface area contributed by atoms with E-state index in [2.05, 4.69) is 4.72 Å². The fraction of sp³-hybridized carbons (Fsp3) is 0.154. The second-order valence-corrected chi connectivity index (χ2v) is 7.14. The van der Waals surface area contributed by atoms with Crippen molar-refractivity contribution in [2.45, 2.75) is 11.4 Å². The topological polar surface area (TPSA) is 102 Å². The van der Waals surface area contributed by atoms with E-state index >= 15 is 0 Å². The van der Waals surface area contributed by atoms with Gasteiger partial charge in [0.05, 0.1) is 4.90 Å². The van der Waals surface area contributed by atoms with Crippen LogP contribution in [-0.4, -0.2) is 26.3 Å². The van der Waals surface area contributed by atoms with Crippen molar-refractivity contribution in [3.63, 3.8) is 0 Å². The lowest BCUT2D eigenvalue weighted by Crippen LogP contribution is -2.22. The van der Waals surface area contributed by atoms with Gasteiger partial charge in [-0.05, 0) is 23.8 Å². The molecule has 0 fully saturated rings. The summed E-state index contributed by atoms with van der Waals surface area (Å²) in [6.45, 7) is 0.217. The van der Waals surface area contributed by atoms with Crippen LogP contribution in [-0.2, 0) is 16.6 Å². The average Bonchev–Trinajstić information content (AvgIpc) is 3.13. The standard InChI is InChI=1S/C13H11NO6S2/c15-13(16)12-4-9(6-21-12)22(17,18)14-5-8-1-2-10-11(3-8)20-7-19-10/h1-4,6,14H,5,7H2,(H,15,16). The van der Waals surface area contributed by atoms with Gasteiger partial charge in [-0.25, -0.2) is 17.9 Å². The molecule has 1 aliphatic rings. The number of carboxylic acid groups (broad SMARTS) is 1. The molecule has 0 unspecified atom stereocenters. The summed E-state index contributed by atoms with van der Waals surface area (Å²) >= 11 is 0.867. The maximum absolute atomic E-state index is 12.1. The van der Waals surface area contributed by atoms with E-state index in [1.807, 2.05) is 0 Å². The molecule has 0 saturated heterocycles. The normalized spacial score (nSPS) is 13.3. The molecule has 0 atom stereocenters. The predicted octanol–water partition coefficient (Wildman–Crippen LogP) is 1.65. The third kappa shape index (κ3) is 2.91. The highest BCUT2D eigenvalue weighted by Crippen LogP contribution is 2.32. The molecule has 1 aromatic heterocycles. The van der Waals surface area contributed by atoms with E-state index in [0.717, 1.165) is 17.4 Å². The molecule has 1 aromatic carbocycles. The molecule has 2 aromatic rings. The maximum Gasteiger partial charge on any atom is 0.345 e. The van der Waals surface area contributed by atoms with Gasteiger partial charge in [-0.15, -0.1) is 11.3 Å². The lowest BCUT2D eigenvalue weighted by atomic mass is 10.2. The van der Waals surface area contributed by atoms with Gasteiger partial charge in [0, 0.05) is 11.9 Å². The molecule has 22 heavy (non-hydrogen) atoms. The number of ether oxygens (including phenoxy) is 2. The molecule has 7 nitrogen and oxygen atoms in total. The van der Waals surface area contributed by atoms with E-state index in [4.69, 9.17) is 14.6 Å². The van der Waals surface area contributed by atoms with Crippen LogP contribution in [0.25, 0.3) is 0 Å². The van der Waals surface area contributed by atoms with Crippen molar-refractivity contribution in [2.75, 3.05) is 6.79 Å². The Balaban J connectivity index is 1.73. The Kier molecular flexibility index (Phi) is 3.77. The highest BCUT2D eigenvalue weighted by Gasteiger charge is 2.19. The van der Waals surface area contributed by atoms with Crippen LogP contribution >= 0.6 is 11.3 Å². The molecule has 0 bridgehead atoms. The number of carboxylic acids is 1. The van der Waals surface area contributed by atoms with Gasteiger partial charge in [0.25, 0.3) is 0 Å². The monoisotopic (exact) mass is 341 g/mol. The molecule has 1 aliphatic heterocycles. The first-order valence-corrected chi connectivity index (χ1v) is 8.52. The Morgan fingerprint density at radius 1 is 1.27 bits per heavy atom. The quantitative estimate of drug-likeness (QED) is 0.857. The first kappa shape index (κ1) is 14.8. The van der Waals surface area contributed by atoms with Gasteiger partial charge in [-0.1, -0.05) is 6.07 Å². The Hall–Kier alpha value is -2.10. The number of rotatable bonds is 5. The summed E-state index contributed by atoms with van der Waals surface area (Å²) in [5.74, 6) is 0.0400. The van der Waals surface area contributed by atoms with Gasteiger partial charge in [0.2, 0.25) is 16.8 Å². The van der Waals surface area contributed by atoms with Crippen molar-refractivity contribution in [1.82, 2.24) is 4.72 Å². The minimum absolute atomic E-state index is 0.0246. The number of benzene rings is 1. The van der Waals surface area contributed by atoms with Crippen LogP contribution in [0.15, 0.2) is 34.5 Å². The summed E-state index contributed by atoms with van der Waals surface area (Å²) in [5, 5.41) is 10.1. The SMILES string of the molecule is O=C(O)c1cc(S(=O)(=O)NCc2ccc3c(c2)OCO3)cs1. The summed E-state index contributed by atoms with van der Waals surface area (Å²) in [5.41, 5.74) is 0.710. The van der Waals surface area contributed by atoms with Crippen molar-refractivity contribution in [1.29, 1.82) is 0 Å². The van der Waals surface area contributed by atoms with Gasteiger partial charge < -0.3 is 14.6 Å². The molecular weight excluding hydrogens is 330 g/mol. The highest BCUT2D eigenvalue weighted by molar-refractivity contribution is 7.89. The number of hydrogen-bond acceptors (Lipinski definition) is 6. The number of hydrogen-bond donors (Lipinski definition) is 2. The van der Waals surface area contributed by atoms with Crippen molar-refractivity contribution in [3.8, 4) is 11.5 Å². The summed E-state index contributed by atoms with van der Waals surface area (Å²) in [4.78, 5) is 10.7. The van der Waals surface area contributed by atoms with Crippen molar-refractivity contribution >= 4 is 27.3 Å². The summed E-state index contributed by atoms with van der Waals surface area (Å²) in [7, 11) is -3.76. The molecule has 3 rings (SSSR count). The second-order valence-electron chi connectivity index (χ2n) is 4.46. The number of aromatic carboxylic acids is 1. The molecule has 9 heteroatoms. The van der Waals surface area contributed by atoms with Gasteiger partial charge in [0.15, 0.2) is 11.5 Å². The smallest absolute Gasteiger partial charge is 0.345 e. The van der Waals surface area contributed by atoms with E-state index in [-0.39, 0.29) is 23.1 Å². The average molecular weight is 341 g/mol. The van der Waals surface area contributed by atoms with Crippen molar-refractivity contribution in [3.05, 3.63) is 40.1 Å². The number of nitrogens with one attached hydrogen (secondary N) is 1. The van der Waals surface area contributed by atoms with Crippen LogP contribution in [0.4, 0.5) is 0 Å². The first-order chi connectivity index (χ1) is 10.5. The minimum Gasteiger partial charge on any atom is -0.477 e. The number of sulfonamides is 1. The maximum atomic E-state index is 12.1. The Morgan fingerprint density at radius 2 is 2.05 bits per heavy atom. The summed E-state index contributed by atoms with van der Waals surface area (Å²) in [6.07, 6.45) is 0. The largest absolute Gasteiger partial charge is 0.477 e. The van der Waals surface area contributed by atoms with E-state index in [1.165, 1.54) is 5.38 Å². The van der Waals surface area contributed by atoms with E-state index in [1.54, 1.807) is 18.2 Å². The molecule has 116 valence electrons. The third-order valence-electron chi connectivity index (χ3n) is 3.00. The van der Waals surface area contributed by atoms with Gasteiger partial charge >= 0.3 is 5.97 Å². The molecule has 0 aliphatic carbocycles. The lowest BCUT2D eigenvalue weighted by Gasteiger charge is -2.06. The Morgan fingerprint density at radius 3 is 2.77 bits per heavy atom. The molecule has 2 heterocycles. The number of carbonyl (C=O) groups is 1. The van der Waals surface area contributed by atoms with E-state index in [0.29, 0.717) is 17.1 Å². The van der Waals surface area contributed by atoms with Crippen LogP contribution in [0.3, 0.4) is 0 Å². The predicted molar refractivity (Wildman–Crippen MR) is 77.9 cm³/mol. The minimum atomic E-state index is -3.76. The summed E-state index contributed by atoms with van der Waals surface area (Å²) in [6, 6.07) is 6.27. The first-order valence-electron chi connectivity index (χ1n) is 6.16. The van der Waals surface area contributed by atoms with Crippen LogP contribution < -0.4 is 14.2 Å². The fourth-order valence-corrected chi connectivity index (χ4v) is 4.01. The van der Waals surface area contributed by atoms with Crippen LogP contribution in [0.1, 0.15) is 15.2 Å². The zero-order valence-electron chi connectivity index (χ0n) is 11.1. The van der Waals surface area contributed by atoms with Crippen LogP contribution in [0, 0.1) is 0 Å². The van der Waals surface area contributed by atoms with E-state index in [9.17, 15) is 13.2 Å². The molecular formula is C13H11NO6S2. The number of fused-ring (bicyclic) bond motifs is 1. The zero-order valence-corrected chi connectivity index (χ0v) is 12.7.